The Balaban J connectivity index is 1.55. The van der Waals surface area contributed by atoms with Gasteiger partial charge in [0.25, 0.3) is 0 Å². The molecule has 2 heterocycles. The van der Waals surface area contributed by atoms with Crippen molar-refractivity contribution in [1.82, 2.24) is 9.97 Å². The van der Waals surface area contributed by atoms with Crippen molar-refractivity contribution in [2.24, 2.45) is 0 Å². The lowest BCUT2D eigenvalue weighted by molar-refractivity contribution is -0.113. The lowest BCUT2D eigenvalue weighted by atomic mass is 10.2. The van der Waals surface area contributed by atoms with E-state index in [2.05, 4.69) is 20.2 Å². The van der Waals surface area contributed by atoms with Crippen LogP contribution in [0.3, 0.4) is 0 Å². The van der Waals surface area contributed by atoms with Gasteiger partial charge in [0.1, 0.15) is 23.0 Å². The summed E-state index contributed by atoms with van der Waals surface area (Å²) in [5, 5.41) is 3.46. The Labute approximate surface area is 144 Å². The van der Waals surface area contributed by atoms with E-state index in [1.54, 1.807) is 19.1 Å². The Morgan fingerprint density at radius 1 is 1.29 bits per heavy atom. The van der Waals surface area contributed by atoms with Crippen LogP contribution in [0.1, 0.15) is 18.4 Å². The molecule has 0 radical (unpaired) electrons. The van der Waals surface area contributed by atoms with Crippen LogP contribution in [0.4, 0.5) is 15.9 Å². The number of nitrogens with zero attached hydrogens (tertiary/aromatic N) is 3. The van der Waals surface area contributed by atoms with Crippen LogP contribution in [0, 0.1) is 12.7 Å². The van der Waals surface area contributed by atoms with Gasteiger partial charge in [-0.15, -0.1) is 0 Å². The number of carbonyl (C=O) groups excluding carboxylic acids is 1. The minimum absolute atomic E-state index is 0.190. The molecule has 1 N–H and O–H groups in total. The zero-order valence-corrected chi connectivity index (χ0v) is 14.3. The summed E-state index contributed by atoms with van der Waals surface area (Å²) < 4.78 is 13.5. The van der Waals surface area contributed by atoms with E-state index in [9.17, 15) is 9.18 Å². The number of hydrogen-bond donors (Lipinski definition) is 1. The second-order valence-corrected chi connectivity index (χ2v) is 6.71. The zero-order valence-electron chi connectivity index (χ0n) is 13.5. The summed E-state index contributed by atoms with van der Waals surface area (Å²) >= 11 is 1.34. The summed E-state index contributed by atoms with van der Waals surface area (Å²) in [6.07, 6.45) is 3.90. The molecule has 2 aromatic rings. The largest absolute Gasteiger partial charge is 0.356 e. The Morgan fingerprint density at radius 3 is 2.83 bits per heavy atom. The number of nitrogens with one attached hydrogen (secondary N) is 1. The number of hydrogen-bond acceptors (Lipinski definition) is 5. The van der Waals surface area contributed by atoms with E-state index >= 15 is 0 Å². The molecule has 1 aromatic carbocycles. The van der Waals surface area contributed by atoms with Gasteiger partial charge in [0, 0.05) is 24.8 Å². The number of aryl methyl sites for hydroxylation is 1. The van der Waals surface area contributed by atoms with Crippen molar-refractivity contribution in [3.63, 3.8) is 0 Å². The highest BCUT2D eigenvalue weighted by molar-refractivity contribution is 7.99. The third-order valence-corrected chi connectivity index (χ3v) is 4.79. The maximum absolute atomic E-state index is 13.5. The summed E-state index contributed by atoms with van der Waals surface area (Å²) in [4.78, 5) is 22.7. The second-order valence-electron chi connectivity index (χ2n) is 5.71. The molecule has 1 aliphatic rings. The Morgan fingerprint density at radius 2 is 2.08 bits per heavy atom. The molecule has 24 heavy (non-hydrogen) atoms. The first-order valence-electron chi connectivity index (χ1n) is 7.87. The van der Waals surface area contributed by atoms with E-state index in [4.69, 9.17) is 0 Å². The zero-order chi connectivity index (χ0) is 16.9. The van der Waals surface area contributed by atoms with Gasteiger partial charge in [-0.2, -0.15) is 0 Å². The summed E-state index contributed by atoms with van der Waals surface area (Å²) in [6, 6.07) is 6.57. The topological polar surface area (TPSA) is 58.1 Å². The van der Waals surface area contributed by atoms with Crippen molar-refractivity contribution in [2.75, 3.05) is 29.1 Å². The monoisotopic (exact) mass is 346 g/mol. The summed E-state index contributed by atoms with van der Waals surface area (Å²) in [5.74, 6) is 0.605. The van der Waals surface area contributed by atoms with Crippen molar-refractivity contribution in [3.05, 3.63) is 42.0 Å². The van der Waals surface area contributed by atoms with Crippen LogP contribution < -0.4 is 10.2 Å². The standard InChI is InChI=1S/C17H19FN4OS/c1-12-4-5-13(8-14(12)18)21-16(23)10-24-17-9-15(19-11-20-17)22-6-2-3-7-22/h4-5,8-9,11H,2-3,6-7,10H2,1H3,(H,21,23). The molecule has 3 rings (SSSR count). The molecular weight excluding hydrogens is 327 g/mol. The molecule has 126 valence electrons. The minimum Gasteiger partial charge on any atom is -0.356 e. The maximum Gasteiger partial charge on any atom is 0.234 e. The van der Waals surface area contributed by atoms with Crippen LogP contribution in [0.15, 0.2) is 35.6 Å². The van der Waals surface area contributed by atoms with Gasteiger partial charge in [-0.05, 0) is 37.5 Å². The molecule has 7 heteroatoms. The van der Waals surface area contributed by atoms with E-state index in [1.165, 1.54) is 37.0 Å². The maximum atomic E-state index is 13.5. The molecule has 1 saturated heterocycles. The Hall–Kier alpha value is -2.15. The van der Waals surface area contributed by atoms with Gasteiger partial charge in [-0.3, -0.25) is 4.79 Å². The Kier molecular flexibility index (Phi) is 5.30. The smallest absolute Gasteiger partial charge is 0.234 e. The molecule has 0 aliphatic carbocycles. The number of halogens is 1. The fourth-order valence-corrected chi connectivity index (χ4v) is 3.20. The fraction of sp³-hybridized carbons (Fsp3) is 0.353. The third kappa shape index (κ3) is 4.23. The number of anilines is 2. The third-order valence-electron chi connectivity index (χ3n) is 3.86. The quantitative estimate of drug-likeness (QED) is 0.665. The fourth-order valence-electron chi connectivity index (χ4n) is 2.54. The van der Waals surface area contributed by atoms with E-state index in [0.717, 1.165) is 23.9 Å². The first kappa shape index (κ1) is 16.7. The molecule has 0 saturated carbocycles. The van der Waals surface area contributed by atoms with E-state index in [-0.39, 0.29) is 17.5 Å². The number of thioether (sulfide) groups is 1. The van der Waals surface area contributed by atoms with Crippen molar-refractivity contribution < 1.29 is 9.18 Å². The van der Waals surface area contributed by atoms with Gasteiger partial charge in [-0.25, -0.2) is 14.4 Å². The van der Waals surface area contributed by atoms with Crippen molar-refractivity contribution in [1.29, 1.82) is 0 Å². The highest BCUT2D eigenvalue weighted by Crippen LogP contribution is 2.23. The molecule has 0 spiro atoms. The van der Waals surface area contributed by atoms with Crippen LogP contribution in [0.2, 0.25) is 0 Å². The molecule has 1 aliphatic heterocycles. The van der Waals surface area contributed by atoms with E-state index in [0.29, 0.717) is 11.3 Å². The van der Waals surface area contributed by atoms with E-state index < -0.39 is 0 Å². The summed E-state index contributed by atoms with van der Waals surface area (Å²) in [7, 11) is 0. The molecule has 1 fully saturated rings. The molecule has 5 nitrogen and oxygen atoms in total. The van der Waals surface area contributed by atoms with Crippen molar-refractivity contribution in [2.45, 2.75) is 24.8 Å². The first-order chi connectivity index (χ1) is 11.6. The average Bonchev–Trinajstić information content (AvgIpc) is 3.11. The molecule has 0 unspecified atom stereocenters. The summed E-state index contributed by atoms with van der Waals surface area (Å²) in [6.45, 7) is 3.71. The lowest BCUT2D eigenvalue weighted by Crippen LogP contribution is -2.19. The highest BCUT2D eigenvalue weighted by Gasteiger charge is 2.14. The SMILES string of the molecule is Cc1ccc(NC(=O)CSc2cc(N3CCCC3)ncn2)cc1F. The number of carbonyl (C=O) groups is 1. The van der Waals surface area contributed by atoms with E-state index in [1.807, 2.05) is 6.07 Å². The molecule has 0 bridgehead atoms. The molecule has 1 aromatic heterocycles. The van der Waals surface area contributed by atoms with Gasteiger partial charge in [-0.1, -0.05) is 17.8 Å². The van der Waals surface area contributed by atoms with Crippen LogP contribution in [0.5, 0.6) is 0 Å². The normalized spacial score (nSPS) is 14.0. The first-order valence-corrected chi connectivity index (χ1v) is 8.86. The average molecular weight is 346 g/mol. The molecular formula is C17H19FN4OS. The van der Waals surface area contributed by atoms with Crippen LogP contribution in [0.25, 0.3) is 0 Å². The van der Waals surface area contributed by atoms with Crippen LogP contribution >= 0.6 is 11.8 Å². The van der Waals surface area contributed by atoms with Crippen molar-refractivity contribution in [3.8, 4) is 0 Å². The van der Waals surface area contributed by atoms with Gasteiger partial charge in [0.05, 0.1) is 5.75 Å². The van der Waals surface area contributed by atoms with Crippen LogP contribution in [-0.2, 0) is 4.79 Å². The van der Waals surface area contributed by atoms with Gasteiger partial charge >= 0.3 is 0 Å². The lowest BCUT2D eigenvalue weighted by Gasteiger charge is -2.16. The van der Waals surface area contributed by atoms with Gasteiger partial charge in [0.15, 0.2) is 0 Å². The second kappa shape index (κ2) is 7.61. The predicted molar refractivity (Wildman–Crippen MR) is 94.0 cm³/mol. The highest BCUT2D eigenvalue weighted by atomic mass is 32.2. The van der Waals surface area contributed by atoms with Crippen LogP contribution in [-0.4, -0.2) is 34.7 Å². The Bertz CT molecular complexity index is 734. The van der Waals surface area contributed by atoms with Gasteiger partial charge < -0.3 is 10.2 Å². The number of benzene rings is 1. The molecule has 0 atom stereocenters. The van der Waals surface area contributed by atoms with Gasteiger partial charge in [0.2, 0.25) is 5.91 Å². The number of rotatable bonds is 5. The predicted octanol–water partition coefficient (Wildman–Crippen LogP) is 3.26. The summed E-state index contributed by atoms with van der Waals surface area (Å²) in [5.41, 5.74) is 1.02. The van der Waals surface area contributed by atoms with Crippen molar-refractivity contribution >= 4 is 29.2 Å². The minimum atomic E-state index is -0.327. The molecule has 1 amide bonds. The number of amides is 1. The number of aromatic nitrogens is 2.